The first-order chi connectivity index (χ1) is 12.1. The van der Waals surface area contributed by atoms with Crippen molar-refractivity contribution < 1.29 is 14.3 Å². The zero-order valence-corrected chi connectivity index (χ0v) is 16.3. The Labute approximate surface area is 157 Å². The molecule has 0 unspecified atom stereocenters. The van der Waals surface area contributed by atoms with E-state index in [-0.39, 0.29) is 11.8 Å². The van der Waals surface area contributed by atoms with Gasteiger partial charge in [-0.3, -0.25) is 14.5 Å². The predicted octanol–water partition coefficient (Wildman–Crippen LogP) is 1.89. The molecule has 1 heterocycles. The van der Waals surface area contributed by atoms with Crippen LogP contribution in [-0.2, 0) is 9.59 Å². The van der Waals surface area contributed by atoms with E-state index in [1.165, 1.54) is 0 Å². The Morgan fingerprint density at radius 3 is 2.84 bits per heavy atom. The van der Waals surface area contributed by atoms with Crippen LogP contribution >= 0.6 is 15.9 Å². The van der Waals surface area contributed by atoms with Gasteiger partial charge < -0.3 is 15.0 Å². The highest BCUT2D eigenvalue weighted by Gasteiger charge is 2.20. The van der Waals surface area contributed by atoms with Gasteiger partial charge in [-0.2, -0.15) is 0 Å². The summed E-state index contributed by atoms with van der Waals surface area (Å²) in [6.45, 7) is 6.31. The first kappa shape index (κ1) is 19.7. The number of amides is 2. The van der Waals surface area contributed by atoms with Crippen LogP contribution in [0.15, 0.2) is 28.7 Å². The van der Waals surface area contributed by atoms with Gasteiger partial charge in [0.2, 0.25) is 11.8 Å². The molecule has 0 bridgehead atoms. The summed E-state index contributed by atoms with van der Waals surface area (Å²) in [6.07, 6.45) is 1.25. The van der Waals surface area contributed by atoms with E-state index in [1.807, 2.05) is 36.1 Å². The number of ether oxygens (including phenoxy) is 1. The number of hydrogen-bond acceptors (Lipinski definition) is 4. The molecule has 1 aliphatic heterocycles. The highest BCUT2D eigenvalue weighted by Crippen LogP contribution is 2.18. The number of nitrogens with one attached hydrogen (secondary N) is 1. The molecule has 0 spiro atoms. The van der Waals surface area contributed by atoms with E-state index in [1.54, 1.807) is 0 Å². The smallest absolute Gasteiger partial charge is 0.234 e. The number of carbonyl (C=O) groups is 2. The lowest BCUT2D eigenvalue weighted by atomic mass is 10.3. The Morgan fingerprint density at radius 2 is 2.08 bits per heavy atom. The van der Waals surface area contributed by atoms with E-state index < -0.39 is 0 Å². The van der Waals surface area contributed by atoms with E-state index in [2.05, 4.69) is 26.1 Å². The van der Waals surface area contributed by atoms with Crippen molar-refractivity contribution >= 4 is 27.7 Å². The second kappa shape index (κ2) is 10.4. The number of carbonyl (C=O) groups excluding carboxylic acids is 2. The Morgan fingerprint density at radius 1 is 1.24 bits per heavy atom. The minimum absolute atomic E-state index is 0.0460. The van der Waals surface area contributed by atoms with Crippen molar-refractivity contribution in [3.63, 3.8) is 0 Å². The maximum Gasteiger partial charge on any atom is 0.234 e. The topological polar surface area (TPSA) is 61.9 Å². The fourth-order valence-corrected chi connectivity index (χ4v) is 3.18. The Kier molecular flexibility index (Phi) is 8.21. The lowest BCUT2D eigenvalue weighted by Gasteiger charge is -2.21. The number of hydrogen-bond donors (Lipinski definition) is 1. The summed E-state index contributed by atoms with van der Waals surface area (Å²) in [5, 5.41) is 2.81. The maximum atomic E-state index is 12.4. The molecule has 1 saturated heterocycles. The van der Waals surface area contributed by atoms with Crippen LogP contribution in [0.5, 0.6) is 5.75 Å². The maximum absolute atomic E-state index is 12.4. The molecule has 25 heavy (non-hydrogen) atoms. The zero-order chi connectivity index (χ0) is 18.1. The van der Waals surface area contributed by atoms with Crippen LogP contribution in [0.25, 0.3) is 0 Å². The first-order valence-electron chi connectivity index (χ1n) is 8.73. The molecule has 0 atom stereocenters. The molecule has 1 N–H and O–H groups in total. The van der Waals surface area contributed by atoms with E-state index in [0.29, 0.717) is 32.7 Å². The Hall–Kier alpha value is -1.60. The standard InChI is InChI=1S/C18H26BrN3O3/c1-2-20-17(23)14-21-8-4-9-22(11-10-21)18(24)7-12-25-16-6-3-5-15(19)13-16/h3,5-6,13H,2,4,7-12,14H2,1H3,(H,20,23). The van der Waals surface area contributed by atoms with Crippen molar-refractivity contribution in [1.29, 1.82) is 0 Å². The van der Waals surface area contributed by atoms with Gasteiger partial charge >= 0.3 is 0 Å². The molecule has 138 valence electrons. The molecule has 2 amide bonds. The highest BCUT2D eigenvalue weighted by atomic mass is 79.9. The SMILES string of the molecule is CCNC(=O)CN1CCCN(C(=O)CCOc2cccc(Br)c2)CC1. The fourth-order valence-electron chi connectivity index (χ4n) is 2.81. The van der Waals surface area contributed by atoms with E-state index in [9.17, 15) is 9.59 Å². The molecule has 0 aromatic heterocycles. The van der Waals surface area contributed by atoms with Gasteiger partial charge in [0.15, 0.2) is 0 Å². The monoisotopic (exact) mass is 411 g/mol. The third-order valence-corrected chi connectivity index (χ3v) is 4.56. The Bertz CT molecular complexity index is 582. The highest BCUT2D eigenvalue weighted by molar-refractivity contribution is 9.10. The Balaban J connectivity index is 1.72. The second-order valence-electron chi connectivity index (χ2n) is 6.02. The number of rotatable bonds is 7. The minimum atomic E-state index is 0.0460. The minimum Gasteiger partial charge on any atom is -0.493 e. The van der Waals surface area contributed by atoms with Crippen LogP contribution in [0.2, 0.25) is 0 Å². The molecule has 6 nitrogen and oxygen atoms in total. The summed E-state index contributed by atoms with van der Waals surface area (Å²) < 4.78 is 6.59. The second-order valence-corrected chi connectivity index (χ2v) is 6.94. The molecule has 1 aromatic rings. The van der Waals surface area contributed by atoms with Crippen molar-refractivity contribution in [3.8, 4) is 5.75 Å². The first-order valence-corrected chi connectivity index (χ1v) is 9.53. The lowest BCUT2D eigenvalue weighted by molar-refractivity contribution is -0.131. The summed E-state index contributed by atoms with van der Waals surface area (Å²) in [5.74, 6) is 0.908. The lowest BCUT2D eigenvalue weighted by Crippen LogP contribution is -2.40. The summed E-state index contributed by atoms with van der Waals surface area (Å²) in [6, 6.07) is 7.59. The summed E-state index contributed by atoms with van der Waals surface area (Å²) in [7, 11) is 0. The van der Waals surface area contributed by atoms with Gasteiger partial charge in [0.05, 0.1) is 19.6 Å². The van der Waals surface area contributed by atoms with Crippen molar-refractivity contribution in [2.45, 2.75) is 19.8 Å². The summed E-state index contributed by atoms with van der Waals surface area (Å²) in [5.41, 5.74) is 0. The predicted molar refractivity (Wildman–Crippen MR) is 101 cm³/mol. The number of likely N-dealkylation sites (N-methyl/N-ethyl adjacent to an activating group) is 1. The molecule has 0 aliphatic carbocycles. The van der Waals surface area contributed by atoms with Crippen molar-refractivity contribution in [1.82, 2.24) is 15.1 Å². The summed E-state index contributed by atoms with van der Waals surface area (Å²) in [4.78, 5) is 28.0. The van der Waals surface area contributed by atoms with Crippen molar-refractivity contribution in [3.05, 3.63) is 28.7 Å². The van der Waals surface area contributed by atoms with Crippen LogP contribution in [0, 0.1) is 0 Å². The van der Waals surface area contributed by atoms with Crippen LogP contribution in [0.4, 0.5) is 0 Å². The van der Waals surface area contributed by atoms with E-state index in [4.69, 9.17) is 4.74 Å². The number of nitrogens with zero attached hydrogens (tertiary/aromatic N) is 2. The fraction of sp³-hybridized carbons (Fsp3) is 0.556. The van der Waals surface area contributed by atoms with Crippen LogP contribution < -0.4 is 10.1 Å². The largest absolute Gasteiger partial charge is 0.493 e. The van der Waals surface area contributed by atoms with Gasteiger partial charge in [0.25, 0.3) is 0 Å². The molecule has 1 fully saturated rings. The van der Waals surface area contributed by atoms with Crippen molar-refractivity contribution in [2.24, 2.45) is 0 Å². The van der Waals surface area contributed by atoms with E-state index >= 15 is 0 Å². The van der Waals surface area contributed by atoms with Gasteiger partial charge in [-0.05, 0) is 31.5 Å². The van der Waals surface area contributed by atoms with Crippen LogP contribution in [0.1, 0.15) is 19.8 Å². The molecular weight excluding hydrogens is 386 g/mol. The molecule has 1 aliphatic rings. The normalized spacial score (nSPS) is 15.5. The van der Waals surface area contributed by atoms with E-state index in [0.717, 1.165) is 36.3 Å². The van der Waals surface area contributed by atoms with Crippen LogP contribution in [-0.4, -0.2) is 67.5 Å². The molecule has 2 rings (SSSR count). The molecule has 1 aromatic carbocycles. The molecular formula is C18H26BrN3O3. The zero-order valence-electron chi connectivity index (χ0n) is 14.7. The van der Waals surface area contributed by atoms with Crippen LogP contribution in [0.3, 0.4) is 0 Å². The average Bonchev–Trinajstić information content (AvgIpc) is 2.81. The number of halogens is 1. The quantitative estimate of drug-likeness (QED) is 0.743. The van der Waals surface area contributed by atoms with Crippen molar-refractivity contribution in [2.75, 3.05) is 45.9 Å². The average molecular weight is 412 g/mol. The third-order valence-electron chi connectivity index (χ3n) is 4.06. The third kappa shape index (κ3) is 7.04. The van der Waals surface area contributed by atoms with Gasteiger partial charge in [-0.25, -0.2) is 0 Å². The molecule has 0 radical (unpaired) electrons. The number of benzene rings is 1. The van der Waals surface area contributed by atoms with Gasteiger partial charge in [0.1, 0.15) is 5.75 Å². The molecule has 0 saturated carbocycles. The van der Waals surface area contributed by atoms with Gasteiger partial charge in [-0.1, -0.05) is 22.0 Å². The van der Waals surface area contributed by atoms with Gasteiger partial charge in [0, 0.05) is 37.2 Å². The molecule has 7 heteroatoms. The summed E-state index contributed by atoms with van der Waals surface area (Å²) >= 11 is 3.40. The van der Waals surface area contributed by atoms with Gasteiger partial charge in [-0.15, -0.1) is 0 Å².